The van der Waals surface area contributed by atoms with E-state index in [2.05, 4.69) is 19.2 Å². The number of allylic oxidation sites excluding steroid dienone is 1. The third-order valence-corrected chi connectivity index (χ3v) is 14.3. The zero-order valence-corrected chi connectivity index (χ0v) is 44.1. The average Bonchev–Trinajstić information content (AvgIpc) is 3.30. The van der Waals surface area contributed by atoms with E-state index in [1.54, 1.807) is 6.08 Å². The van der Waals surface area contributed by atoms with Gasteiger partial charge >= 0.3 is 0 Å². The molecule has 0 heterocycles. The van der Waals surface area contributed by atoms with Crippen molar-refractivity contribution in [2.45, 2.75) is 360 Å². The first-order valence-corrected chi connectivity index (χ1v) is 29.9. The van der Waals surface area contributed by atoms with Crippen LogP contribution in [0, 0.1) is 0 Å². The molecule has 0 aliphatic heterocycles. The molecule has 0 aliphatic carbocycles. The first kappa shape index (κ1) is 63.1. The van der Waals surface area contributed by atoms with Gasteiger partial charge in [-0.05, 0) is 19.3 Å². The summed E-state index contributed by atoms with van der Waals surface area (Å²) in [6.45, 7) is 4.36. The molecule has 3 N–H and O–H groups in total. The Labute approximate surface area is 403 Å². The topological polar surface area (TPSA) is 69.6 Å². The van der Waals surface area contributed by atoms with E-state index in [9.17, 15) is 15.0 Å². The number of carbonyl (C=O) groups is 1. The van der Waals surface area contributed by atoms with Crippen LogP contribution in [0.2, 0.25) is 0 Å². The number of nitrogens with one attached hydrogen (secondary N) is 1. The second-order valence-electron chi connectivity index (χ2n) is 20.8. The molecular formula is C60H119NO3. The van der Waals surface area contributed by atoms with Crippen LogP contribution in [-0.2, 0) is 4.79 Å². The Morgan fingerprint density at radius 2 is 0.578 bits per heavy atom. The zero-order chi connectivity index (χ0) is 46.3. The Hall–Kier alpha value is -0.870. The first-order chi connectivity index (χ1) is 31.7. The van der Waals surface area contributed by atoms with E-state index in [4.69, 9.17) is 0 Å². The summed E-state index contributed by atoms with van der Waals surface area (Å²) in [5.41, 5.74) is 0. The van der Waals surface area contributed by atoms with E-state index in [1.807, 2.05) is 6.08 Å². The van der Waals surface area contributed by atoms with Crippen molar-refractivity contribution in [1.29, 1.82) is 0 Å². The van der Waals surface area contributed by atoms with Crippen LogP contribution in [0.3, 0.4) is 0 Å². The van der Waals surface area contributed by atoms with Crippen molar-refractivity contribution in [2.24, 2.45) is 0 Å². The maximum Gasteiger partial charge on any atom is 0.220 e. The molecule has 382 valence electrons. The maximum absolute atomic E-state index is 12.5. The lowest BCUT2D eigenvalue weighted by Crippen LogP contribution is -2.45. The summed E-state index contributed by atoms with van der Waals surface area (Å²) in [5.74, 6) is -0.0556. The van der Waals surface area contributed by atoms with E-state index in [0.29, 0.717) is 6.42 Å². The van der Waals surface area contributed by atoms with Gasteiger partial charge in [-0.3, -0.25) is 4.79 Å². The molecule has 0 saturated heterocycles. The highest BCUT2D eigenvalue weighted by molar-refractivity contribution is 5.76. The lowest BCUT2D eigenvalue weighted by Gasteiger charge is -2.20. The Kier molecular flexibility index (Phi) is 55.7. The minimum Gasteiger partial charge on any atom is -0.394 e. The monoisotopic (exact) mass is 902 g/mol. The molecule has 2 atom stereocenters. The van der Waals surface area contributed by atoms with Gasteiger partial charge in [0.1, 0.15) is 0 Å². The van der Waals surface area contributed by atoms with Crippen LogP contribution in [0.4, 0.5) is 0 Å². The average molecular weight is 903 g/mol. The van der Waals surface area contributed by atoms with Gasteiger partial charge in [0.05, 0.1) is 18.8 Å². The van der Waals surface area contributed by atoms with Gasteiger partial charge in [-0.15, -0.1) is 0 Å². The van der Waals surface area contributed by atoms with Crippen molar-refractivity contribution < 1.29 is 15.0 Å². The summed E-state index contributed by atoms with van der Waals surface area (Å²) < 4.78 is 0. The van der Waals surface area contributed by atoms with Gasteiger partial charge in [0.25, 0.3) is 0 Å². The fraction of sp³-hybridized carbons (Fsp3) is 0.950. The Bertz CT molecular complexity index is 890. The number of aliphatic hydroxyl groups excluding tert-OH is 2. The summed E-state index contributed by atoms with van der Waals surface area (Å²) in [6, 6.07) is -0.618. The number of hydrogen-bond acceptors (Lipinski definition) is 3. The molecule has 64 heavy (non-hydrogen) atoms. The van der Waals surface area contributed by atoms with E-state index in [1.165, 1.54) is 302 Å². The summed E-state index contributed by atoms with van der Waals surface area (Å²) >= 11 is 0. The van der Waals surface area contributed by atoms with Gasteiger partial charge in [-0.2, -0.15) is 0 Å². The molecule has 0 aliphatic rings. The number of hydrogen-bond donors (Lipinski definition) is 3. The second kappa shape index (κ2) is 56.5. The molecule has 0 spiro atoms. The van der Waals surface area contributed by atoms with Gasteiger partial charge in [-0.25, -0.2) is 0 Å². The number of aliphatic hydroxyl groups is 2. The van der Waals surface area contributed by atoms with Crippen LogP contribution >= 0.6 is 0 Å². The molecule has 0 radical (unpaired) electrons. The lowest BCUT2D eigenvalue weighted by atomic mass is 10.0. The predicted octanol–water partition coefficient (Wildman–Crippen LogP) is 19.7. The normalized spacial score (nSPS) is 12.8. The second-order valence-corrected chi connectivity index (χ2v) is 20.8. The lowest BCUT2D eigenvalue weighted by molar-refractivity contribution is -0.123. The first-order valence-electron chi connectivity index (χ1n) is 29.9. The third-order valence-electron chi connectivity index (χ3n) is 14.3. The summed E-state index contributed by atoms with van der Waals surface area (Å²) in [7, 11) is 0. The smallest absolute Gasteiger partial charge is 0.220 e. The van der Waals surface area contributed by atoms with E-state index in [-0.39, 0.29) is 12.5 Å². The van der Waals surface area contributed by atoms with Gasteiger partial charge in [0.2, 0.25) is 5.91 Å². The molecule has 0 aromatic rings. The SMILES string of the molecule is CCCCCCCCCCCCCCCCCCCCCCCCCCCCCCCC/C=C/C(O)C(CO)NC(=O)CCCCCCCCCCCCCCCCCCCCCC. The van der Waals surface area contributed by atoms with E-state index >= 15 is 0 Å². The van der Waals surface area contributed by atoms with Crippen molar-refractivity contribution in [1.82, 2.24) is 5.32 Å². The highest BCUT2D eigenvalue weighted by Gasteiger charge is 2.18. The Morgan fingerprint density at radius 1 is 0.359 bits per heavy atom. The molecule has 0 saturated carbocycles. The van der Waals surface area contributed by atoms with Crippen LogP contribution in [0.15, 0.2) is 12.2 Å². The molecule has 0 aromatic carbocycles. The number of amides is 1. The van der Waals surface area contributed by atoms with Crippen LogP contribution in [-0.4, -0.2) is 34.9 Å². The maximum atomic E-state index is 12.5. The van der Waals surface area contributed by atoms with Crippen molar-refractivity contribution in [3.8, 4) is 0 Å². The summed E-state index contributed by atoms with van der Waals surface area (Å²) in [5, 5.41) is 23.2. The zero-order valence-electron chi connectivity index (χ0n) is 44.1. The highest BCUT2D eigenvalue weighted by atomic mass is 16.3. The molecule has 0 aromatic heterocycles. The quantitative estimate of drug-likeness (QED) is 0.0421. The fourth-order valence-corrected chi connectivity index (χ4v) is 9.71. The highest BCUT2D eigenvalue weighted by Crippen LogP contribution is 2.18. The summed E-state index contributed by atoms with van der Waals surface area (Å²) in [4.78, 5) is 12.5. The molecule has 1 amide bonds. The van der Waals surface area contributed by atoms with Crippen molar-refractivity contribution >= 4 is 5.91 Å². The van der Waals surface area contributed by atoms with Gasteiger partial charge in [0.15, 0.2) is 0 Å². The van der Waals surface area contributed by atoms with Crippen LogP contribution in [0.1, 0.15) is 348 Å². The minimum atomic E-state index is -0.836. The van der Waals surface area contributed by atoms with Crippen molar-refractivity contribution in [3.05, 3.63) is 12.2 Å². The fourth-order valence-electron chi connectivity index (χ4n) is 9.71. The van der Waals surface area contributed by atoms with Crippen molar-refractivity contribution in [3.63, 3.8) is 0 Å². The Morgan fingerprint density at radius 3 is 0.812 bits per heavy atom. The van der Waals surface area contributed by atoms with Gasteiger partial charge in [0, 0.05) is 6.42 Å². The van der Waals surface area contributed by atoms with Crippen LogP contribution < -0.4 is 5.32 Å². The molecule has 4 nitrogen and oxygen atoms in total. The minimum absolute atomic E-state index is 0.0556. The summed E-state index contributed by atoms with van der Waals surface area (Å²) in [6.07, 6.45) is 74.0. The standard InChI is InChI=1S/C60H119NO3/c1-3-5-7-9-11-13-15-17-19-21-23-25-26-27-28-29-30-31-32-33-34-35-36-37-39-41-43-45-47-49-51-53-55-59(63)58(57-62)61-60(64)56-54-52-50-48-46-44-42-40-38-24-22-20-18-16-14-12-10-8-6-4-2/h53,55,58-59,62-63H,3-52,54,56-57H2,1-2H3,(H,61,64)/b55-53+. The largest absolute Gasteiger partial charge is 0.394 e. The van der Waals surface area contributed by atoms with Gasteiger partial charge in [-0.1, -0.05) is 334 Å². The predicted molar refractivity (Wildman–Crippen MR) is 286 cm³/mol. The van der Waals surface area contributed by atoms with Crippen LogP contribution in [0.5, 0.6) is 0 Å². The van der Waals surface area contributed by atoms with Crippen molar-refractivity contribution in [2.75, 3.05) is 6.61 Å². The molecule has 0 fully saturated rings. The molecule has 0 rings (SSSR count). The Balaban J connectivity index is 3.42. The number of unbranched alkanes of at least 4 members (excludes halogenated alkanes) is 49. The molecular weight excluding hydrogens is 783 g/mol. The number of carbonyl (C=O) groups excluding carboxylic acids is 1. The molecule has 0 bridgehead atoms. The van der Waals surface area contributed by atoms with Crippen LogP contribution in [0.25, 0.3) is 0 Å². The molecule has 4 heteroatoms. The van der Waals surface area contributed by atoms with Gasteiger partial charge < -0.3 is 15.5 Å². The molecule has 2 unspecified atom stereocenters. The third kappa shape index (κ3) is 52.1. The van der Waals surface area contributed by atoms with E-state index in [0.717, 1.165) is 25.7 Å². The number of rotatable bonds is 56. The van der Waals surface area contributed by atoms with E-state index < -0.39 is 12.1 Å².